The number of aliphatic hydroxyl groups excluding tert-OH is 2. The molecule has 7 bridgehead atoms. The lowest BCUT2D eigenvalue weighted by Crippen LogP contribution is -2.85. The number of likely N-dealkylation sites (tertiary alicyclic amines) is 1. The van der Waals surface area contributed by atoms with Crippen molar-refractivity contribution in [2.45, 2.75) is 156 Å². The number of carbonyl (C=O) groups is 2. The Morgan fingerprint density at radius 3 is 2.16 bits per heavy atom. The Morgan fingerprint density at radius 1 is 0.839 bits per heavy atom. The zero-order valence-corrected chi connectivity index (χ0v) is 37.8. The van der Waals surface area contributed by atoms with Crippen molar-refractivity contribution in [1.82, 2.24) is 4.90 Å². The zero-order chi connectivity index (χ0) is 44.5. The number of methoxy groups -OCH3 is 4. The number of fused-ring (bicyclic) bond motifs is 2. The molecule has 1 aromatic rings. The van der Waals surface area contributed by atoms with Gasteiger partial charge < -0.3 is 53.7 Å². The van der Waals surface area contributed by atoms with Gasteiger partial charge in [-0.05, 0) is 57.7 Å². The maximum atomic E-state index is 14.5. The summed E-state index contributed by atoms with van der Waals surface area (Å²) in [4.78, 5) is 30.7. The number of hydrogen-bond donors (Lipinski definition) is 4. The van der Waals surface area contributed by atoms with Crippen LogP contribution in [0, 0.1) is 28.6 Å². The van der Waals surface area contributed by atoms with E-state index in [-0.39, 0.29) is 25.0 Å². The molecule has 1 heterocycles. The molecule has 346 valence electrons. The molecule has 13 heteroatoms. The van der Waals surface area contributed by atoms with E-state index < -0.39 is 106 Å². The molecule has 6 aliphatic rings. The topological polar surface area (TPSA) is 174 Å². The predicted molar refractivity (Wildman–Crippen MR) is 231 cm³/mol. The molecule has 62 heavy (non-hydrogen) atoms. The first-order valence-electron chi connectivity index (χ1n) is 23.2. The van der Waals surface area contributed by atoms with Gasteiger partial charge in [-0.2, -0.15) is 0 Å². The second-order valence-electron chi connectivity index (χ2n) is 19.3. The van der Waals surface area contributed by atoms with E-state index >= 15 is 0 Å². The van der Waals surface area contributed by atoms with E-state index in [0.29, 0.717) is 13.0 Å². The Kier molecular flexibility index (Phi) is 14.5. The van der Waals surface area contributed by atoms with Crippen LogP contribution in [0.4, 0.5) is 0 Å². The number of aliphatic hydroxyl groups is 4. The SMILES string of the molecule is CCCCC/C=C\C/C=C\CCCCCCCC(=O)O[C@@]12[C@@H]3C4N(C)C[C@]5(COC)[C@H](O)C[C@H](OC)[C@]4([C@@H]5[C@H]3OC)[C@]3(O)C[C@@](O)([C@H](OC(=O)c4ccccc4)[C@H]13)[C@@H](OC)[C@@H]2O. The number of carbonyl (C=O) groups excluding carboxylic acids is 2. The Balaban J connectivity index is 1.21. The van der Waals surface area contributed by atoms with Gasteiger partial charge in [-0.3, -0.25) is 4.79 Å². The van der Waals surface area contributed by atoms with E-state index in [2.05, 4.69) is 36.1 Å². The van der Waals surface area contributed by atoms with Crippen LogP contribution in [0.1, 0.15) is 107 Å². The Hall–Kier alpha value is -2.72. The van der Waals surface area contributed by atoms with Crippen LogP contribution in [0.5, 0.6) is 0 Å². The molecular weight excluding hydrogens is 795 g/mol. The first-order valence-corrected chi connectivity index (χ1v) is 23.2. The van der Waals surface area contributed by atoms with Gasteiger partial charge in [0, 0.05) is 83.0 Å². The minimum atomic E-state index is -2.14. The van der Waals surface area contributed by atoms with Crippen molar-refractivity contribution in [3.63, 3.8) is 0 Å². The van der Waals surface area contributed by atoms with Gasteiger partial charge in [0.25, 0.3) is 0 Å². The molecule has 1 saturated heterocycles. The average molecular weight is 868 g/mol. The molecular formula is C49H73NO12. The summed E-state index contributed by atoms with van der Waals surface area (Å²) in [6, 6.07) is 7.72. The summed E-state index contributed by atoms with van der Waals surface area (Å²) < 4.78 is 38.0. The van der Waals surface area contributed by atoms with Gasteiger partial charge >= 0.3 is 11.9 Å². The van der Waals surface area contributed by atoms with Crippen molar-refractivity contribution in [1.29, 1.82) is 0 Å². The number of piperidine rings is 1. The summed E-state index contributed by atoms with van der Waals surface area (Å²) in [7, 11) is 7.94. The minimum Gasteiger partial charge on any atom is -0.455 e. The minimum absolute atomic E-state index is 0.0486. The van der Waals surface area contributed by atoms with Crippen LogP contribution < -0.4 is 0 Å². The first kappa shape index (κ1) is 47.2. The fourth-order valence-corrected chi connectivity index (χ4v) is 14.3. The third kappa shape index (κ3) is 7.15. The van der Waals surface area contributed by atoms with Crippen LogP contribution >= 0.6 is 0 Å². The molecule has 1 aliphatic heterocycles. The first-order chi connectivity index (χ1) is 29.8. The molecule has 0 radical (unpaired) electrons. The van der Waals surface area contributed by atoms with Crippen LogP contribution in [0.2, 0.25) is 0 Å². The molecule has 13 nitrogen and oxygen atoms in total. The van der Waals surface area contributed by atoms with E-state index in [1.807, 2.05) is 7.05 Å². The number of hydrogen-bond acceptors (Lipinski definition) is 13. The van der Waals surface area contributed by atoms with Gasteiger partial charge in [0.15, 0.2) is 5.60 Å². The van der Waals surface area contributed by atoms with Crippen LogP contribution in [0.15, 0.2) is 54.6 Å². The molecule has 1 unspecified atom stereocenters. The fourth-order valence-electron chi connectivity index (χ4n) is 14.3. The second kappa shape index (κ2) is 19.0. The smallest absolute Gasteiger partial charge is 0.338 e. The third-order valence-electron chi connectivity index (χ3n) is 16.2. The van der Waals surface area contributed by atoms with Crippen molar-refractivity contribution in [2.75, 3.05) is 48.6 Å². The number of benzene rings is 1. The highest BCUT2D eigenvalue weighted by Crippen LogP contribution is 2.81. The summed E-state index contributed by atoms with van der Waals surface area (Å²) in [6.45, 7) is 2.68. The molecule has 4 N–H and O–H groups in total. The summed E-state index contributed by atoms with van der Waals surface area (Å²) in [5.41, 5.74) is -8.26. The van der Waals surface area contributed by atoms with Gasteiger partial charge in [0.1, 0.15) is 23.9 Å². The largest absolute Gasteiger partial charge is 0.455 e. The molecule has 5 aliphatic carbocycles. The Bertz CT molecular complexity index is 1760. The van der Waals surface area contributed by atoms with Crippen molar-refractivity contribution in [2.24, 2.45) is 28.6 Å². The molecule has 5 saturated carbocycles. The van der Waals surface area contributed by atoms with E-state index in [1.165, 1.54) is 26.4 Å². The van der Waals surface area contributed by atoms with E-state index in [1.54, 1.807) is 51.7 Å². The quantitative estimate of drug-likeness (QED) is 0.0684. The number of ether oxygens (including phenoxy) is 6. The molecule has 1 aromatic carbocycles. The van der Waals surface area contributed by atoms with Crippen molar-refractivity contribution >= 4 is 11.9 Å². The van der Waals surface area contributed by atoms with Crippen LogP contribution in [0.25, 0.3) is 0 Å². The number of unbranched alkanes of at least 4 members (excludes halogenated alkanes) is 8. The average Bonchev–Trinajstić information content (AvgIpc) is 3.63. The van der Waals surface area contributed by atoms with Gasteiger partial charge in [-0.1, -0.05) is 81.5 Å². The molecule has 15 atom stereocenters. The molecule has 0 aromatic heterocycles. The highest BCUT2D eigenvalue weighted by molar-refractivity contribution is 5.89. The highest BCUT2D eigenvalue weighted by Gasteiger charge is 2.96. The van der Waals surface area contributed by atoms with Gasteiger partial charge in [0.2, 0.25) is 0 Å². The van der Waals surface area contributed by atoms with Crippen molar-refractivity contribution < 1.29 is 58.4 Å². The summed E-state index contributed by atoms with van der Waals surface area (Å²) in [5, 5.41) is 52.3. The van der Waals surface area contributed by atoms with E-state index in [4.69, 9.17) is 28.4 Å². The molecule has 1 spiro atoms. The maximum Gasteiger partial charge on any atom is 0.338 e. The number of rotatable bonds is 22. The highest BCUT2D eigenvalue weighted by atomic mass is 16.6. The molecule has 0 amide bonds. The normalized spacial score (nSPS) is 41.6. The molecule has 6 fully saturated rings. The van der Waals surface area contributed by atoms with Gasteiger partial charge in [-0.15, -0.1) is 0 Å². The lowest BCUT2D eigenvalue weighted by Gasteiger charge is -2.72. The number of nitrogens with zero attached hydrogens (tertiary/aromatic N) is 1. The summed E-state index contributed by atoms with van der Waals surface area (Å²) in [6.07, 6.45) is 12.8. The lowest BCUT2D eigenvalue weighted by atomic mass is 9.40. The maximum absolute atomic E-state index is 14.5. The Morgan fingerprint density at radius 2 is 1.52 bits per heavy atom. The van der Waals surface area contributed by atoms with Gasteiger partial charge in [0.05, 0.1) is 42.0 Å². The number of esters is 2. The zero-order valence-electron chi connectivity index (χ0n) is 37.8. The van der Waals surface area contributed by atoms with Crippen molar-refractivity contribution in [3.05, 3.63) is 60.2 Å². The summed E-state index contributed by atoms with van der Waals surface area (Å²) >= 11 is 0. The van der Waals surface area contributed by atoms with Crippen LogP contribution in [-0.4, -0.2) is 145 Å². The number of allylic oxidation sites excluding steroid dienone is 4. The molecule has 7 rings (SSSR count). The predicted octanol–water partition coefficient (Wildman–Crippen LogP) is 5.17. The van der Waals surface area contributed by atoms with E-state index in [9.17, 15) is 30.0 Å². The van der Waals surface area contributed by atoms with Crippen LogP contribution in [-0.2, 0) is 33.2 Å². The van der Waals surface area contributed by atoms with Crippen molar-refractivity contribution in [3.8, 4) is 0 Å². The van der Waals surface area contributed by atoms with Crippen LogP contribution in [0.3, 0.4) is 0 Å². The van der Waals surface area contributed by atoms with E-state index in [0.717, 1.165) is 44.9 Å². The fraction of sp³-hybridized carbons (Fsp3) is 0.755. The standard InChI is InChI=1S/C49H73NO12/c1-7-8-9-10-11-12-13-14-15-16-17-18-19-20-24-27-35(52)62-49-36-37(59-5)38-45(31-57-3)30-50(2)40(36)48(38,34(58-4)28-33(45)51)47(56)29-46(55,43(60-6)41(49)53)42(39(47)49)61-44(54)32-25-22-21-23-26-32/h11-12,14-15,21-23,25-26,33-34,36-43,51,53,55-56H,7-10,13,16-20,24,27-31H2,1-6H3/b12-11-,15-14-/t33-,34+,36+,37+,38-,39+,40?,41+,42-,43+,45+,46-,47+,48-,49+/m1/s1. The summed E-state index contributed by atoms with van der Waals surface area (Å²) in [5.74, 6) is -4.22. The monoisotopic (exact) mass is 868 g/mol. The lowest BCUT2D eigenvalue weighted by molar-refractivity contribution is -0.353. The Labute approximate surface area is 368 Å². The third-order valence-corrected chi connectivity index (χ3v) is 16.2. The van der Waals surface area contributed by atoms with Gasteiger partial charge in [-0.25, -0.2) is 4.79 Å². The second-order valence-corrected chi connectivity index (χ2v) is 19.3.